The Labute approximate surface area is 184 Å². The number of ether oxygens (including phenoxy) is 4. The van der Waals surface area contributed by atoms with E-state index < -0.39 is 0 Å². The third-order valence-corrected chi connectivity index (χ3v) is 5.80. The van der Waals surface area contributed by atoms with E-state index in [1.54, 1.807) is 25.3 Å². The number of thioether (sulfide) groups is 1. The summed E-state index contributed by atoms with van der Waals surface area (Å²) < 4.78 is 22.4. The van der Waals surface area contributed by atoms with Gasteiger partial charge >= 0.3 is 0 Å². The number of hydrogen-bond donors (Lipinski definition) is 0. The van der Waals surface area contributed by atoms with Crippen LogP contribution in [0.3, 0.4) is 0 Å². The fourth-order valence-electron chi connectivity index (χ4n) is 3.27. The van der Waals surface area contributed by atoms with Crippen LogP contribution in [0.15, 0.2) is 47.9 Å². The van der Waals surface area contributed by atoms with E-state index in [1.807, 2.05) is 24.3 Å². The van der Waals surface area contributed by atoms with Gasteiger partial charge in [0.05, 0.1) is 12.0 Å². The zero-order chi connectivity index (χ0) is 22.0. The highest BCUT2D eigenvalue weighted by Gasteiger charge is 2.32. The van der Waals surface area contributed by atoms with E-state index in [2.05, 4.69) is 6.58 Å². The van der Waals surface area contributed by atoms with Crippen LogP contribution >= 0.6 is 11.8 Å². The second-order valence-electron chi connectivity index (χ2n) is 6.92. The first-order chi connectivity index (χ1) is 15.0. The smallest absolute Gasteiger partial charge is 0.293 e. The van der Waals surface area contributed by atoms with Crippen LogP contribution in [0.1, 0.15) is 16.7 Å². The molecule has 0 atom stereocenters. The molecule has 160 valence electrons. The SMILES string of the molecule is C=CCc1cc(/C=C2\SC(=O)N(C)C2=O)cc(OC)c1OCc1ccc2c(c1)OCO2. The molecule has 1 saturated heterocycles. The Kier molecular flexibility index (Phi) is 5.90. The Morgan fingerprint density at radius 2 is 2.00 bits per heavy atom. The zero-order valence-corrected chi connectivity index (χ0v) is 18.0. The van der Waals surface area contributed by atoms with Crippen LogP contribution in [0.25, 0.3) is 6.08 Å². The van der Waals surface area contributed by atoms with Crippen LogP contribution in [0.4, 0.5) is 4.79 Å². The Morgan fingerprint density at radius 3 is 2.71 bits per heavy atom. The highest BCUT2D eigenvalue weighted by molar-refractivity contribution is 8.18. The minimum absolute atomic E-state index is 0.218. The third kappa shape index (κ3) is 4.25. The minimum atomic E-state index is -0.317. The van der Waals surface area contributed by atoms with E-state index in [0.717, 1.165) is 39.1 Å². The van der Waals surface area contributed by atoms with Crippen molar-refractivity contribution in [2.24, 2.45) is 0 Å². The molecule has 0 saturated carbocycles. The number of carbonyl (C=O) groups is 2. The number of methoxy groups -OCH3 is 1. The third-order valence-electron chi connectivity index (χ3n) is 4.84. The molecule has 2 aliphatic rings. The van der Waals surface area contributed by atoms with Crippen molar-refractivity contribution in [2.45, 2.75) is 13.0 Å². The van der Waals surface area contributed by atoms with Gasteiger partial charge in [0.25, 0.3) is 11.1 Å². The van der Waals surface area contributed by atoms with E-state index in [4.69, 9.17) is 18.9 Å². The van der Waals surface area contributed by atoms with Gasteiger partial charge in [-0.2, -0.15) is 0 Å². The average molecular weight is 439 g/mol. The molecule has 0 N–H and O–H groups in total. The highest BCUT2D eigenvalue weighted by atomic mass is 32.2. The van der Waals surface area contributed by atoms with Gasteiger partial charge in [-0.3, -0.25) is 14.5 Å². The summed E-state index contributed by atoms with van der Waals surface area (Å²) in [5.74, 6) is 2.22. The Morgan fingerprint density at radius 1 is 1.19 bits per heavy atom. The van der Waals surface area contributed by atoms with Crippen molar-refractivity contribution in [2.75, 3.05) is 21.0 Å². The van der Waals surface area contributed by atoms with Crippen molar-refractivity contribution in [3.63, 3.8) is 0 Å². The Bertz CT molecular complexity index is 1090. The fourth-order valence-corrected chi connectivity index (χ4v) is 4.10. The van der Waals surface area contributed by atoms with Gasteiger partial charge in [-0.15, -0.1) is 6.58 Å². The molecule has 31 heavy (non-hydrogen) atoms. The lowest BCUT2D eigenvalue weighted by Gasteiger charge is -2.16. The molecular weight excluding hydrogens is 418 g/mol. The molecule has 0 aliphatic carbocycles. The van der Waals surface area contributed by atoms with Crippen LogP contribution in [0, 0.1) is 0 Å². The minimum Gasteiger partial charge on any atom is -0.493 e. The lowest BCUT2D eigenvalue weighted by Crippen LogP contribution is -2.22. The van der Waals surface area contributed by atoms with Crippen molar-refractivity contribution >= 4 is 29.0 Å². The molecule has 2 aromatic rings. The Hall–Kier alpha value is -3.39. The number of hydrogen-bond acceptors (Lipinski definition) is 7. The quantitative estimate of drug-likeness (QED) is 0.468. The zero-order valence-electron chi connectivity index (χ0n) is 17.2. The summed E-state index contributed by atoms with van der Waals surface area (Å²) in [6, 6.07) is 9.35. The first kappa shape index (κ1) is 20.9. The average Bonchev–Trinajstić information content (AvgIpc) is 3.33. The number of rotatable bonds is 7. The summed E-state index contributed by atoms with van der Waals surface area (Å²) in [4.78, 5) is 25.5. The number of benzene rings is 2. The molecule has 2 aromatic carbocycles. The number of nitrogens with zero attached hydrogens (tertiary/aromatic N) is 1. The molecule has 1 fully saturated rings. The molecule has 2 heterocycles. The van der Waals surface area contributed by atoms with Crippen molar-refractivity contribution in [1.29, 1.82) is 0 Å². The lowest BCUT2D eigenvalue weighted by molar-refractivity contribution is -0.121. The maximum absolute atomic E-state index is 12.2. The predicted molar refractivity (Wildman–Crippen MR) is 118 cm³/mol. The van der Waals surface area contributed by atoms with E-state index in [1.165, 1.54) is 7.05 Å². The predicted octanol–water partition coefficient (Wildman–Crippen LogP) is 4.40. The second kappa shape index (κ2) is 8.77. The van der Waals surface area contributed by atoms with Gasteiger partial charge < -0.3 is 18.9 Å². The molecule has 0 spiro atoms. The van der Waals surface area contributed by atoms with Crippen molar-refractivity contribution in [3.05, 3.63) is 64.6 Å². The maximum atomic E-state index is 12.2. The summed E-state index contributed by atoms with van der Waals surface area (Å²) in [5.41, 5.74) is 2.52. The first-order valence-corrected chi connectivity index (χ1v) is 10.4. The summed E-state index contributed by atoms with van der Waals surface area (Å²) in [7, 11) is 3.03. The summed E-state index contributed by atoms with van der Waals surface area (Å²) >= 11 is 0.915. The van der Waals surface area contributed by atoms with Gasteiger partial charge in [-0.25, -0.2) is 0 Å². The standard InChI is InChI=1S/C23H21NO6S/c1-4-5-16-8-15(11-20-22(25)24(2)23(26)31-20)10-19(27-3)21(16)28-12-14-6-7-17-18(9-14)30-13-29-17/h4,6-11H,1,5,12-13H2,2-3H3/b20-11-. The van der Waals surface area contributed by atoms with E-state index >= 15 is 0 Å². The number of amides is 2. The van der Waals surface area contributed by atoms with Gasteiger partial charge in [0.15, 0.2) is 23.0 Å². The van der Waals surface area contributed by atoms with Crippen LogP contribution in [0.2, 0.25) is 0 Å². The first-order valence-electron chi connectivity index (χ1n) is 9.55. The summed E-state index contributed by atoms with van der Waals surface area (Å²) in [5, 5.41) is -0.293. The van der Waals surface area contributed by atoms with Gasteiger partial charge in [0.1, 0.15) is 6.61 Å². The van der Waals surface area contributed by atoms with Gasteiger partial charge in [-0.05, 0) is 59.7 Å². The second-order valence-corrected chi connectivity index (χ2v) is 7.91. The molecule has 4 rings (SSSR count). The topological polar surface area (TPSA) is 74.3 Å². The molecular formula is C23H21NO6S. The largest absolute Gasteiger partial charge is 0.493 e. The van der Waals surface area contributed by atoms with Gasteiger partial charge in [0.2, 0.25) is 6.79 Å². The normalized spacial score (nSPS) is 16.2. The van der Waals surface area contributed by atoms with Crippen LogP contribution in [0.5, 0.6) is 23.0 Å². The monoisotopic (exact) mass is 439 g/mol. The summed E-state index contributed by atoms with van der Waals surface area (Å²) in [6.45, 7) is 4.35. The van der Waals surface area contributed by atoms with Crippen LogP contribution in [-0.2, 0) is 17.8 Å². The van der Waals surface area contributed by atoms with Crippen LogP contribution in [-0.4, -0.2) is 37.0 Å². The van der Waals surface area contributed by atoms with E-state index in [0.29, 0.717) is 35.2 Å². The molecule has 8 heteroatoms. The molecule has 0 unspecified atom stereocenters. The molecule has 2 amide bonds. The molecule has 7 nitrogen and oxygen atoms in total. The fraction of sp³-hybridized carbons (Fsp3) is 0.217. The molecule has 0 aromatic heterocycles. The molecule has 2 aliphatic heterocycles. The number of allylic oxidation sites excluding steroid dienone is 1. The van der Waals surface area contributed by atoms with E-state index in [9.17, 15) is 9.59 Å². The number of fused-ring (bicyclic) bond motifs is 1. The summed E-state index contributed by atoms with van der Waals surface area (Å²) in [6.07, 6.45) is 4.00. The number of likely N-dealkylation sites (N-methyl/N-ethyl adjacent to an activating group) is 1. The van der Waals surface area contributed by atoms with Crippen molar-refractivity contribution in [3.8, 4) is 23.0 Å². The van der Waals surface area contributed by atoms with Crippen molar-refractivity contribution < 1.29 is 28.5 Å². The number of carbonyl (C=O) groups excluding carboxylic acids is 2. The van der Waals surface area contributed by atoms with Crippen LogP contribution < -0.4 is 18.9 Å². The van der Waals surface area contributed by atoms with Crippen molar-refractivity contribution in [1.82, 2.24) is 4.90 Å². The Balaban J connectivity index is 1.62. The van der Waals surface area contributed by atoms with Gasteiger partial charge in [0, 0.05) is 12.6 Å². The number of imide groups is 1. The van der Waals surface area contributed by atoms with Gasteiger partial charge in [-0.1, -0.05) is 12.1 Å². The maximum Gasteiger partial charge on any atom is 0.293 e. The molecule has 0 radical (unpaired) electrons. The lowest BCUT2D eigenvalue weighted by atomic mass is 10.0. The molecule has 0 bridgehead atoms. The van der Waals surface area contributed by atoms with E-state index in [-0.39, 0.29) is 17.9 Å². The highest BCUT2D eigenvalue weighted by Crippen LogP contribution is 2.38.